The number of likely N-dealkylation sites (tertiary alicyclic amines) is 1. The summed E-state index contributed by atoms with van der Waals surface area (Å²) in [5, 5.41) is 0. The summed E-state index contributed by atoms with van der Waals surface area (Å²) in [5.41, 5.74) is -0.374. The Morgan fingerprint density at radius 3 is 2.85 bits per heavy atom. The lowest BCUT2D eigenvalue weighted by Crippen LogP contribution is -2.38. The van der Waals surface area contributed by atoms with E-state index in [1.807, 2.05) is 20.8 Å². The van der Waals surface area contributed by atoms with E-state index in [0.717, 1.165) is 6.42 Å². The SMILES string of the molecule is CCOC(=O)c1ncccc1OCC12CC1CN(C(=O)OC(C)(C)C)C2. The van der Waals surface area contributed by atoms with Gasteiger partial charge in [0.2, 0.25) is 0 Å². The van der Waals surface area contributed by atoms with Crippen LogP contribution in [0, 0.1) is 11.3 Å². The molecule has 1 amide bonds. The number of hydrogen-bond donors (Lipinski definition) is 0. The second kappa shape index (κ2) is 6.78. The molecule has 2 aliphatic rings. The molecule has 3 rings (SSSR count). The van der Waals surface area contributed by atoms with Crippen LogP contribution in [0.3, 0.4) is 0 Å². The van der Waals surface area contributed by atoms with E-state index in [2.05, 4.69) is 4.98 Å². The van der Waals surface area contributed by atoms with Crippen molar-refractivity contribution in [2.24, 2.45) is 11.3 Å². The predicted molar refractivity (Wildman–Crippen MR) is 94.0 cm³/mol. The first-order valence-electron chi connectivity index (χ1n) is 8.97. The standard InChI is InChI=1S/C19H26N2O5/c1-5-24-16(22)15-14(7-6-8-20-15)25-12-19-9-13(19)10-21(11-19)17(23)26-18(2,3)4/h6-8,13H,5,9-12H2,1-4H3. The van der Waals surface area contributed by atoms with Crippen molar-refractivity contribution in [3.63, 3.8) is 0 Å². The fourth-order valence-corrected chi connectivity index (χ4v) is 3.36. The van der Waals surface area contributed by atoms with Crippen LogP contribution in [0.2, 0.25) is 0 Å². The van der Waals surface area contributed by atoms with Crippen LogP contribution in [0.1, 0.15) is 44.6 Å². The molecule has 0 N–H and O–H groups in total. The summed E-state index contributed by atoms with van der Waals surface area (Å²) in [5.74, 6) is 0.342. The van der Waals surface area contributed by atoms with Gasteiger partial charge < -0.3 is 19.1 Å². The minimum Gasteiger partial charge on any atom is -0.490 e. The largest absolute Gasteiger partial charge is 0.490 e. The molecule has 26 heavy (non-hydrogen) atoms. The van der Waals surface area contributed by atoms with Gasteiger partial charge in [0, 0.05) is 24.7 Å². The summed E-state index contributed by atoms with van der Waals surface area (Å²) in [7, 11) is 0. The number of piperidine rings is 1. The maximum Gasteiger partial charge on any atom is 0.410 e. The van der Waals surface area contributed by atoms with Gasteiger partial charge in [-0.1, -0.05) is 0 Å². The first kappa shape index (κ1) is 18.5. The fraction of sp³-hybridized carbons (Fsp3) is 0.632. The van der Waals surface area contributed by atoms with Gasteiger partial charge in [-0.3, -0.25) is 0 Å². The van der Waals surface area contributed by atoms with Crippen molar-refractivity contribution < 1.29 is 23.8 Å². The van der Waals surface area contributed by atoms with Crippen LogP contribution >= 0.6 is 0 Å². The monoisotopic (exact) mass is 362 g/mol. The molecule has 7 heteroatoms. The van der Waals surface area contributed by atoms with Crippen LogP contribution < -0.4 is 4.74 Å². The molecule has 1 aromatic heterocycles. The van der Waals surface area contributed by atoms with Crippen LogP contribution in [-0.4, -0.2) is 53.9 Å². The molecule has 0 radical (unpaired) electrons. The highest BCUT2D eigenvalue weighted by molar-refractivity contribution is 5.90. The molecule has 1 aliphatic heterocycles. The Labute approximate surface area is 153 Å². The fourth-order valence-electron chi connectivity index (χ4n) is 3.36. The van der Waals surface area contributed by atoms with Gasteiger partial charge in [-0.2, -0.15) is 0 Å². The summed E-state index contributed by atoms with van der Waals surface area (Å²) >= 11 is 0. The van der Waals surface area contributed by atoms with Crippen molar-refractivity contribution in [2.45, 2.75) is 39.7 Å². The third-order valence-electron chi connectivity index (χ3n) is 4.71. The zero-order valence-corrected chi connectivity index (χ0v) is 15.8. The highest BCUT2D eigenvalue weighted by Gasteiger charge is 2.62. The Kier molecular flexibility index (Phi) is 4.82. The second-order valence-corrected chi connectivity index (χ2v) is 7.98. The molecule has 2 unspecified atom stereocenters. The summed E-state index contributed by atoms with van der Waals surface area (Å²) in [6.45, 7) is 9.36. The lowest BCUT2D eigenvalue weighted by molar-refractivity contribution is 0.0254. The molecule has 0 bridgehead atoms. The van der Waals surface area contributed by atoms with Crippen molar-refractivity contribution in [3.05, 3.63) is 24.0 Å². The van der Waals surface area contributed by atoms with E-state index in [9.17, 15) is 9.59 Å². The maximum absolute atomic E-state index is 12.3. The summed E-state index contributed by atoms with van der Waals surface area (Å²) in [6, 6.07) is 3.44. The number of hydrogen-bond acceptors (Lipinski definition) is 6. The van der Waals surface area contributed by atoms with Gasteiger partial charge in [0.05, 0.1) is 13.2 Å². The lowest BCUT2D eigenvalue weighted by Gasteiger charge is -2.26. The molecule has 1 aromatic rings. The predicted octanol–water partition coefficient (Wildman–Crippen LogP) is 2.89. The van der Waals surface area contributed by atoms with E-state index >= 15 is 0 Å². The molecule has 7 nitrogen and oxygen atoms in total. The minimum atomic E-state index is -0.502. The van der Waals surface area contributed by atoms with Crippen molar-refractivity contribution in [2.75, 3.05) is 26.3 Å². The van der Waals surface area contributed by atoms with Gasteiger partial charge in [-0.05, 0) is 52.2 Å². The highest BCUT2D eigenvalue weighted by atomic mass is 16.6. The molecule has 0 spiro atoms. The van der Waals surface area contributed by atoms with Crippen LogP contribution in [-0.2, 0) is 9.47 Å². The van der Waals surface area contributed by atoms with E-state index in [0.29, 0.717) is 31.4 Å². The number of carbonyl (C=O) groups excluding carboxylic acids is 2. The Morgan fingerprint density at radius 1 is 1.38 bits per heavy atom. The summed E-state index contributed by atoms with van der Waals surface area (Å²) in [6.07, 6.45) is 2.27. The van der Waals surface area contributed by atoms with E-state index in [1.165, 1.54) is 6.20 Å². The van der Waals surface area contributed by atoms with Gasteiger partial charge in [0.1, 0.15) is 5.60 Å². The quantitative estimate of drug-likeness (QED) is 0.750. The number of rotatable bonds is 5. The lowest BCUT2D eigenvalue weighted by atomic mass is 10.1. The van der Waals surface area contributed by atoms with Gasteiger partial charge >= 0.3 is 12.1 Å². The van der Waals surface area contributed by atoms with E-state index in [1.54, 1.807) is 24.0 Å². The van der Waals surface area contributed by atoms with Crippen molar-refractivity contribution in [1.82, 2.24) is 9.88 Å². The maximum atomic E-state index is 12.3. The van der Waals surface area contributed by atoms with Crippen LogP contribution in [0.4, 0.5) is 4.79 Å². The number of esters is 1. The normalized spacial score (nSPS) is 24.0. The van der Waals surface area contributed by atoms with Crippen molar-refractivity contribution in [1.29, 1.82) is 0 Å². The number of fused-ring (bicyclic) bond motifs is 1. The molecule has 2 atom stereocenters. The average molecular weight is 362 g/mol. The molecule has 1 saturated heterocycles. The number of carbonyl (C=O) groups is 2. The smallest absolute Gasteiger partial charge is 0.410 e. The summed E-state index contributed by atoms with van der Waals surface area (Å²) in [4.78, 5) is 30.1. The summed E-state index contributed by atoms with van der Waals surface area (Å²) < 4.78 is 16.4. The second-order valence-electron chi connectivity index (χ2n) is 7.98. The number of pyridine rings is 1. The van der Waals surface area contributed by atoms with Gasteiger partial charge in [-0.15, -0.1) is 0 Å². The van der Waals surface area contributed by atoms with Crippen LogP contribution in [0.15, 0.2) is 18.3 Å². The van der Waals surface area contributed by atoms with E-state index < -0.39 is 11.6 Å². The molecule has 142 valence electrons. The van der Waals surface area contributed by atoms with E-state index in [-0.39, 0.29) is 23.8 Å². The van der Waals surface area contributed by atoms with Gasteiger partial charge in [0.15, 0.2) is 11.4 Å². The molecular weight excluding hydrogens is 336 g/mol. The molecule has 1 saturated carbocycles. The third-order valence-corrected chi connectivity index (χ3v) is 4.71. The molecule has 0 aromatic carbocycles. The zero-order valence-electron chi connectivity index (χ0n) is 15.8. The minimum absolute atomic E-state index is 0.0569. The molecule has 2 heterocycles. The number of nitrogens with zero attached hydrogens (tertiary/aromatic N) is 2. The molecule has 1 aliphatic carbocycles. The highest BCUT2D eigenvalue weighted by Crippen LogP contribution is 2.58. The van der Waals surface area contributed by atoms with Crippen molar-refractivity contribution in [3.8, 4) is 5.75 Å². The third kappa shape index (κ3) is 3.92. The Morgan fingerprint density at radius 2 is 2.15 bits per heavy atom. The first-order chi connectivity index (χ1) is 12.2. The van der Waals surface area contributed by atoms with E-state index in [4.69, 9.17) is 14.2 Å². The Bertz CT molecular complexity index is 699. The number of ether oxygens (including phenoxy) is 3. The number of amides is 1. The molecular formula is C19H26N2O5. The van der Waals surface area contributed by atoms with Crippen molar-refractivity contribution >= 4 is 12.1 Å². The number of aromatic nitrogens is 1. The first-order valence-corrected chi connectivity index (χ1v) is 8.97. The Balaban J connectivity index is 1.60. The van der Waals surface area contributed by atoms with Crippen LogP contribution in [0.5, 0.6) is 5.75 Å². The average Bonchev–Trinajstić information content (AvgIpc) is 3.12. The topological polar surface area (TPSA) is 78.0 Å². The van der Waals surface area contributed by atoms with Gasteiger partial charge in [-0.25, -0.2) is 14.6 Å². The van der Waals surface area contributed by atoms with Gasteiger partial charge in [0.25, 0.3) is 0 Å². The Hall–Kier alpha value is -2.31. The van der Waals surface area contributed by atoms with Crippen LogP contribution in [0.25, 0.3) is 0 Å². The zero-order chi connectivity index (χ0) is 18.9. The molecule has 2 fully saturated rings.